The third kappa shape index (κ3) is 4.64. The van der Waals surface area contributed by atoms with E-state index in [0.29, 0.717) is 24.7 Å². The van der Waals surface area contributed by atoms with Gasteiger partial charge in [0.15, 0.2) is 0 Å². The van der Waals surface area contributed by atoms with Crippen LogP contribution >= 0.6 is 0 Å². The van der Waals surface area contributed by atoms with Crippen molar-refractivity contribution in [2.24, 2.45) is 5.92 Å². The van der Waals surface area contributed by atoms with E-state index in [2.05, 4.69) is 25.8 Å². The summed E-state index contributed by atoms with van der Waals surface area (Å²) in [6, 6.07) is 13.5. The van der Waals surface area contributed by atoms with Gasteiger partial charge in [-0.2, -0.15) is 0 Å². The lowest BCUT2D eigenvalue weighted by Crippen LogP contribution is -2.51. The van der Waals surface area contributed by atoms with Crippen molar-refractivity contribution in [3.05, 3.63) is 75.7 Å². The van der Waals surface area contributed by atoms with E-state index in [-0.39, 0.29) is 23.1 Å². The van der Waals surface area contributed by atoms with Crippen LogP contribution in [0.1, 0.15) is 68.4 Å². The number of hydrogen-bond acceptors (Lipinski definition) is 4. The van der Waals surface area contributed by atoms with Crippen LogP contribution in [0.25, 0.3) is 11.0 Å². The van der Waals surface area contributed by atoms with Crippen molar-refractivity contribution in [3.63, 3.8) is 0 Å². The molecule has 1 aliphatic rings. The molecule has 0 N–H and O–H groups in total. The molecule has 3 aromatic rings. The van der Waals surface area contributed by atoms with Gasteiger partial charge in [-0.05, 0) is 62.8 Å². The molecule has 1 aromatic carbocycles. The molecule has 0 bridgehead atoms. The van der Waals surface area contributed by atoms with Gasteiger partial charge < -0.3 is 9.64 Å². The van der Waals surface area contributed by atoms with Crippen LogP contribution in [0.4, 0.5) is 0 Å². The maximum atomic E-state index is 14.0. The van der Waals surface area contributed by atoms with Crippen molar-refractivity contribution in [2.75, 3.05) is 6.61 Å². The van der Waals surface area contributed by atoms with Crippen molar-refractivity contribution in [1.82, 2.24) is 14.5 Å². The van der Waals surface area contributed by atoms with Gasteiger partial charge >= 0.3 is 0 Å². The molecule has 0 aliphatic carbocycles. The molecule has 1 fully saturated rings. The molecule has 34 heavy (non-hydrogen) atoms. The zero-order valence-corrected chi connectivity index (χ0v) is 20.9. The van der Waals surface area contributed by atoms with Crippen LogP contribution in [0.15, 0.2) is 53.5 Å². The van der Waals surface area contributed by atoms with Crippen molar-refractivity contribution in [3.8, 4) is 0 Å². The van der Waals surface area contributed by atoms with Gasteiger partial charge in [0.05, 0.1) is 19.2 Å². The molecule has 3 heterocycles. The van der Waals surface area contributed by atoms with E-state index in [1.54, 1.807) is 16.8 Å². The lowest BCUT2D eigenvalue weighted by atomic mass is 9.99. The number of rotatable bonds is 7. The Labute approximate surface area is 201 Å². The molecule has 1 amide bonds. The van der Waals surface area contributed by atoms with Gasteiger partial charge in [0.2, 0.25) is 0 Å². The number of pyridine rings is 2. The maximum absolute atomic E-state index is 14.0. The quantitative estimate of drug-likeness (QED) is 0.488. The molecule has 6 heteroatoms. The first kappa shape index (κ1) is 24.1. The van der Waals surface area contributed by atoms with E-state index < -0.39 is 5.72 Å². The standard InChI is InChI=1S/C28H35N3O3/c1-6-23-18-34-28(5,14-13-19(2)3)31(23)27(33)24-16-22-8-7-15-29-25(22)30(26(24)32)17-21-11-9-20(4)10-12-21/h7-12,15-16,19,23H,6,13-14,17-18H2,1-5H3. The molecule has 1 aliphatic heterocycles. The largest absolute Gasteiger partial charge is 0.354 e. The number of aromatic nitrogens is 2. The minimum atomic E-state index is -0.722. The monoisotopic (exact) mass is 461 g/mol. The molecule has 2 unspecified atom stereocenters. The fourth-order valence-corrected chi connectivity index (χ4v) is 4.75. The van der Waals surface area contributed by atoms with Crippen molar-refractivity contribution >= 4 is 16.9 Å². The van der Waals surface area contributed by atoms with Gasteiger partial charge in [-0.15, -0.1) is 0 Å². The lowest BCUT2D eigenvalue weighted by Gasteiger charge is -2.37. The van der Waals surface area contributed by atoms with Gasteiger partial charge in [-0.1, -0.05) is 50.6 Å². The predicted molar refractivity (Wildman–Crippen MR) is 135 cm³/mol. The third-order valence-electron chi connectivity index (χ3n) is 6.88. The summed E-state index contributed by atoms with van der Waals surface area (Å²) >= 11 is 0. The van der Waals surface area contributed by atoms with Crippen molar-refractivity contribution in [2.45, 2.75) is 72.2 Å². The highest BCUT2D eigenvalue weighted by molar-refractivity contribution is 5.97. The molecule has 6 nitrogen and oxygen atoms in total. The van der Waals surface area contributed by atoms with Crippen molar-refractivity contribution in [1.29, 1.82) is 0 Å². The Morgan fingerprint density at radius 2 is 1.97 bits per heavy atom. The third-order valence-corrected chi connectivity index (χ3v) is 6.88. The molecule has 2 atom stereocenters. The molecule has 0 saturated carbocycles. The highest BCUT2D eigenvalue weighted by atomic mass is 16.5. The first-order valence-corrected chi connectivity index (χ1v) is 12.2. The predicted octanol–water partition coefficient (Wildman–Crippen LogP) is 5.16. The first-order chi connectivity index (χ1) is 16.2. The molecule has 1 saturated heterocycles. The number of carbonyl (C=O) groups is 1. The number of aryl methyl sites for hydroxylation is 1. The summed E-state index contributed by atoms with van der Waals surface area (Å²) in [6.45, 7) is 11.3. The minimum Gasteiger partial charge on any atom is -0.354 e. The number of benzene rings is 1. The van der Waals surface area contributed by atoms with Crippen LogP contribution in [0, 0.1) is 12.8 Å². The molecule has 0 radical (unpaired) electrons. The minimum absolute atomic E-state index is 0.0563. The Bertz CT molecular complexity index is 1230. The second-order valence-electron chi connectivity index (χ2n) is 10.0. The van der Waals surface area contributed by atoms with E-state index in [0.717, 1.165) is 35.8 Å². The number of amides is 1. The Hall–Kier alpha value is -2.99. The summed E-state index contributed by atoms with van der Waals surface area (Å²) in [5, 5.41) is 0.773. The smallest absolute Gasteiger partial charge is 0.265 e. The number of hydrogen-bond donors (Lipinski definition) is 0. The Balaban J connectivity index is 1.80. The van der Waals surface area contributed by atoms with Gasteiger partial charge in [-0.3, -0.25) is 14.2 Å². The van der Waals surface area contributed by atoms with E-state index in [1.807, 2.05) is 55.1 Å². The van der Waals surface area contributed by atoms with E-state index in [9.17, 15) is 9.59 Å². The van der Waals surface area contributed by atoms with Gasteiger partial charge in [-0.25, -0.2) is 4.98 Å². The Morgan fingerprint density at radius 1 is 1.24 bits per heavy atom. The second kappa shape index (κ2) is 9.71. The molecule has 180 valence electrons. The highest BCUT2D eigenvalue weighted by Gasteiger charge is 2.46. The van der Waals surface area contributed by atoms with Crippen LogP contribution in [0.3, 0.4) is 0 Å². The zero-order chi connectivity index (χ0) is 24.5. The topological polar surface area (TPSA) is 64.4 Å². The summed E-state index contributed by atoms with van der Waals surface area (Å²) in [7, 11) is 0. The van der Waals surface area contributed by atoms with Gasteiger partial charge in [0, 0.05) is 11.6 Å². The summed E-state index contributed by atoms with van der Waals surface area (Å²) in [4.78, 5) is 34.1. The number of carbonyl (C=O) groups excluding carboxylic acids is 1. The van der Waals surface area contributed by atoms with E-state index in [1.165, 1.54) is 0 Å². The van der Waals surface area contributed by atoms with Crippen LogP contribution < -0.4 is 5.56 Å². The summed E-state index contributed by atoms with van der Waals surface area (Å²) in [5.41, 5.74) is 1.86. The SMILES string of the molecule is CCC1COC(C)(CCC(C)C)N1C(=O)c1cc2cccnc2n(Cc2ccc(C)cc2)c1=O. The van der Waals surface area contributed by atoms with E-state index in [4.69, 9.17) is 4.74 Å². The van der Waals surface area contributed by atoms with E-state index >= 15 is 0 Å². The first-order valence-electron chi connectivity index (χ1n) is 12.2. The maximum Gasteiger partial charge on any atom is 0.265 e. The fraction of sp³-hybridized carbons (Fsp3) is 0.464. The normalized spacial score (nSPS) is 20.4. The summed E-state index contributed by atoms with van der Waals surface area (Å²) in [6.07, 6.45) is 4.13. The number of ether oxygens (including phenoxy) is 1. The van der Waals surface area contributed by atoms with Gasteiger partial charge in [0.1, 0.15) is 16.9 Å². The fourth-order valence-electron chi connectivity index (χ4n) is 4.75. The zero-order valence-electron chi connectivity index (χ0n) is 20.9. The molecular weight excluding hydrogens is 426 g/mol. The molecular formula is C28H35N3O3. The van der Waals surface area contributed by atoms with Crippen LogP contribution in [0.5, 0.6) is 0 Å². The Morgan fingerprint density at radius 3 is 2.65 bits per heavy atom. The van der Waals surface area contributed by atoms with Crippen LogP contribution in [-0.4, -0.2) is 38.7 Å². The second-order valence-corrected chi connectivity index (χ2v) is 10.0. The molecule has 0 spiro atoms. The number of nitrogens with zero attached hydrogens (tertiary/aromatic N) is 3. The average molecular weight is 462 g/mol. The van der Waals surface area contributed by atoms with Gasteiger partial charge in [0.25, 0.3) is 11.5 Å². The molecule has 4 rings (SSSR count). The molecule has 2 aromatic heterocycles. The lowest BCUT2D eigenvalue weighted by molar-refractivity contribution is -0.0641. The Kier molecular flexibility index (Phi) is 6.89. The highest BCUT2D eigenvalue weighted by Crippen LogP contribution is 2.35. The van der Waals surface area contributed by atoms with Crippen LogP contribution in [0.2, 0.25) is 0 Å². The van der Waals surface area contributed by atoms with Crippen LogP contribution in [-0.2, 0) is 11.3 Å². The van der Waals surface area contributed by atoms with Crippen molar-refractivity contribution < 1.29 is 9.53 Å². The number of fused-ring (bicyclic) bond motifs is 1. The summed E-state index contributed by atoms with van der Waals surface area (Å²) < 4.78 is 7.82. The summed E-state index contributed by atoms with van der Waals surface area (Å²) in [5.74, 6) is 0.237. The average Bonchev–Trinajstić information content (AvgIpc) is 3.17.